The lowest BCUT2D eigenvalue weighted by Gasteiger charge is -2.03. The lowest BCUT2D eigenvalue weighted by molar-refractivity contribution is 0.586. The molecule has 0 fully saturated rings. The summed E-state index contributed by atoms with van der Waals surface area (Å²) in [7, 11) is -3.47. The highest BCUT2D eigenvalue weighted by atomic mass is 35.5. The monoisotopic (exact) mass is 271 g/mol. The fraction of sp³-hybridized carbons (Fsp3) is 0.333. The van der Waals surface area contributed by atoms with Gasteiger partial charge in [0.2, 0.25) is 10.0 Å². The van der Waals surface area contributed by atoms with Gasteiger partial charge in [-0.1, -0.05) is 29.5 Å². The summed E-state index contributed by atoms with van der Waals surface area (Å²) < 4.78 is 25.9. The summed E-state index contributed by atoms with van der Waals surface area (Å²) >= 11 is 5.61. The molecule has 0 saturated heterocycles. The molecule has 0 aliphatic rings. The topological polar surface area (TPSA) is 46.2 Å². The number of sulfonamides is 1. The quantitative estimate of drug-likeness (QED) is 0.674. The van der Waals surface area contributed by atoms with E-state index in [-0.39, 0.29) is 16.8 Å². The molecule has 0 bridgehead atoms. The van der Waals surface area contributed by atoms with Gasteiger partial charge in [0.1, 0.15) is 0 Å². The maximum atomic E-state index is 11.8. The first-order chi connectivity index (χ1) is 7.92. The zero-order chi connectivity index (χ0) is 12.9. The molecule has 0 spiro atoms. The Labute approximate surface area is 107 Å². The average Bonchev–Trinajstić information content (AvgIpc) is 2.25. The summed E-state index contributed by atoms with van der Waals surface area (Å²) in [6, 6.07) is 6.63. The highest BCUT2D eigenvalue weighted by molar-refractivity contribution is 7.89. The Bertz CT molecular complexity index is 524. The first kappa shape index (κ1) is 14.0. The summed E-state index contributed by atoms with van der Waals surface area (Å²) in [5, 5.41) is -0.279. The Hall–Kier alpha value is -1.02. The lowest BCUT2D eigenvalue weighted by Crippen LogP contribution is -2.24. The number of benzene rings is 1. The molecule has 17 heavy (non-hydrogen) atoms. The first-order valence-electron chi connectivity index (χ1n) is 5.10. The molecule has 1 aromatic carbocycles. The Morgan fingerprint density at radius 1 is 1.35 bits per heavy atom. The molecule has 0 aliphatic carbocycles. The van der Waals surface area contributed by atoms with E-state index >= 15 is 0 Å². The highest BCUT2D eigenvalue weighted by Gasteiger charge is 2.11. The number of nitrogens with one attached hydrogen (secondary N) is 1. The normalized spacial score (nSPS) is 12.6. The molecule has 0 saturated carbocycles. The van der Waals surface area contributed by atoms with Crippen LogP contribution in [0.4, 0.5) is 0 Å². The molecule has 0 heterocycles. The maximum Gasteiger partial charge on any atom is 0.241 e. The number of halogens is 1. The third kappa shape index (κ3) is 4.78. The van der Waals surface area contributed by atoms with Gasteiger partial charge in [0.05, 0.1) is 16.8 Å². The van der Waals surface area contributed by atoms with Crippen molar-refractivity contribution in [3.05, 3.63) is 29.8 Å². The van der Waals surface area contributed by atoms with Crippen LogP contribution in [-0.4, -0.2) is 20.3 Å². The van der Waals surface area contributed by atoms with E-state index in [0.717, 1.165) is 5.56 Å². The van der Waals surface area contributed by atoms with E-state index in [1.807, 2.05) is 6.92 Å². The molecule has 1 rings (SSSR count). The van der Waals surface area contributed by atoms with E-state index in [0.29, 0.717) is 0 Å². The summed E-state index contributed by atoms with van der Waals surface area (Å²) in [4.78, 5) is 0.240. The predicted octanol–water partition coefficient (Wildman–Crippen LogP) is 1.90. The minimum Gasteiger partial charge on any atom is -0.207 e. The zero-order valence-electron chi connectivity index (χ0n) is 9.70. The van der Waals surface area contributed by atoms with Gasteiger partial charge in [0.15, 0.2) is 0 Å². The summed E-state index contributed by atoms with van der Waals surface area (Å²) in [5.74, 6) is 5.32. The van der Waals surface area contributed by atoms with Gasteiger partial charge in [-0.25, -0.2) is 8.42 Å². The summed E-state index contributed by atoms with van der Waals surface area (Å²) in [6.45, 7) is 3.69. The van der Waals surface area contributed by atoms with Crippen molar-refractivity contribution < 1.29 is 8.42 Å². The van der Waals surface area contributed by atoms with E-state index in [2.05, 4.69) is 16.6 Å². The standard InChI is InChI=1S/C12H14ClNO2S/c1-10-5-7-12(8-6-10)17(15,16)14-9-3-4-11(2)13/h5-8,11,14H,9H2,1-2H3. The zero-order valence-corrected chi connectivity index (χ0v) is 11.3. The van der Waals surface area contributed by atoms with E-state index in [9.17, 15) is 8.42 Å². The molecular formula is C12H14ClNO2S. The van der Waals surface area contributed by atoms with Crippen LogP contribution in [0.3, 0.4) is 0 Å². The van der Waals surface area contributed by atoms with Crippen molar-refractivity contribution in [3.63, 3.8) is 0 Å². The van der Waals surface area contributed by atoms with Gasteiger partial charge in [0, 0.05) is 0 Å². The first-order valence-corrected chi connectivity index (χ1v) is 7.02. The molecule has 3 nitrogen and oxygen atoms in total. The Morgan fingerprint density at radius 3 is 2.47 bits per heavy atom. The Kier molecular flexibility index (Phi) is 5.01. The number of aryl methyl sites for hydroxylation is 1. The van der Waals surface area contributed by atoms with Crippen molar-refractivity contribution in [1.82, 2.24) is 4.72 Å². The lowest BCUT2D eigenvalue weighted by atomic mass is 10.2. The molecule has 1 atom stereocenters. The largest absolute Gasteiger partial charge is 0.241 e. The van der Waals surface area contributed by atoms with Crippen molar-refractivity contribution in [2.24, 2.45) is 0 Å². The van der Waals surface area contributed by atoms with Crippen LogP contribution in [0.1, 0.15) is 12.5 Å². The maximum absolute atomic E-state index is 11.8. The van der Waals surface area contributed by atoms with Crippen LogP contribution in [0, 0.1) is 18.8 Å². The number of alkyl halides is 1. The third-order valence-electron chi connectivity index (χ3n) is 1.98. The van der Waals surface area contributed by atoms with Crippen LogP contribution in [0.15, 0.2) is 29.2 Å². The fourth-order valence-corrected chi connectivity index (χ4v) is 2.12. The SMILES string of the molecule is Cc1ccc(S(=O)(=O)NCC#CC(C)Cl)cc1. The minimum absolute atomic E-state index is 0.0628. The van der Waals surface area contributed by atoms with Gasteiger partial charge in [-0.15, -0.1) is 11.6 Å². The molecule has 0 radical (unpaired) electrons. The van der Waals surface area contributed by atoms with Crippen LogP contribution in [0.25, 0.3) is 0 Å². The van der Waals surface area contributed by atoms with Crippen LogP contribution in [0.2, 0.25) is 0 Å². The van der Waals surface area contributed by atoms with Gasteiger partial charge in [0.25, 0.3) is 0 Å². The molecule has 1 N–H and O–H groups in total. The van der Waals surface area contributed by atoms with Gasteiger partial charge < -0.3 is 0 Å². The second-order valence-corrected chi connectivity index (χ2v) is 6.00. The minimum atomic E-state index is -3.47. The molecule has 0 aromatic heterocycles. The number of rotatable bonds is 3. The van der Waals surface area contributed by atoms with Crippen LogP contribution < -0.4 is 4.72 Å². The predicted molar refractivity (Wildman–Crippen MR) is 69.5 cm³/mol. The second-order valence-electron chi connectivity index (χ2n) is 3.57. The molecule has 1 unspecified atom stereocenters. The Balaban J connectivity index is 2.70. The van der Waals surface area contributed by atoms with Gasteiger partial charge in [-0.3, -0.25) is 0 Å². The average molecular weight is 272 g/mol. The van der Waals surface area contributed by atoms with E-state index < -0.39 is 10.0 Å². The van der Waals surface area contributed by atoms with Crippen LogP contribution >= 0.6 is 11.6 Å². The molecule has 0 amide bonds. The fourth-order valence-electron chi connectivity index (χ4n) is 1.12. The van der Waals surface area contributed by atoms with E-state index in [1.165, 1.54) is 0 Å². The van der Waals surface area contributed by atoms with Gasteiger partial charge in [-0.2, -0.15) is 4.72 Å². The summed E-state index contributed by atoms with van der Waals surface area (Å²) in [6.07, 6.45) is 0. The van der Waals surface area contributed by atoms with Crippen LogP contribution in [-0.2, 0) is 10.0 Å². The smallest absolute Gasteiger partial charge is 0.207 e. The van der Waals surface area contributed by atoms with Crippen molar-refractivity contribution in [2.45, 2.75) is 24.1 Å². The summed E-state index contributed by atoms with van der Waals surface area (Å²) in [5.41, 5.74) is 1.01. The van der Waals surface area contributed by atoms with Gasteiger partial charge in [-0.05, 0) is 26.0 Å². The second kappa shape index (κ2) is 6.06. The van der Waals surface area contributed by atoms with Crippen LogP contribution in [0.5, 0.6) is 0 Å². The third-order valence-corrected chi connectivity index (χ3v) is 3.51. The Morgan fingerprint density at radius 2 is 1.94 bits per heavy atom. The van der Waals surface area contributed by atoms with Crippen molar-refractivity contribution in [2.75, 3.05) is 6.54 Å². The molecule has 1 aromatic rings. The molecule has 92 valence electrons. The molecule has 5 heteroatoms. The molecule has 0 aliphatic heterocycles. The van der Waals surface area contributed by atoms with Crippen molar-refractivity contribution in [1.29, 1.82) is 0 Å². The van der Waals surface area contributed by atoms with E-state index in [1.54, 1.807) is 31.2 Å². The number of hydrogen-bond donors (Lipinski definition) is 1. The van der Waals surface area contributed by atoms with Crippen molar-refractivity contribution in [3.8, 4) is 11.8 Å². The van der Waals surface area contributed by atoms with E-state index in [4.69, 9.17) is 11.6 Å². The highest BCUT2D eigenvalue weighted by Crippen LogP contribution is 2.09. The molecular weight excluding hydrogens is 258 g/mol. The van der Waals surface area contributed by atoms with Gasteiger partial charge >= 0.3 is 0 Å². The van der Waals surface area contributed by atoms with Crippen molar-refractivity contribution >= 4 is 21.6 Å². The number of hydrogen-bond acceptors (Lipinski definition) is 2.